The molecule has 0 spiro atoms. The zero-order valence-electron chi connectivity index (χ0n) is 8.65. The van der Waals surface area contributed by atoms with Crippen molar-refractivity contribution in [3.05, 3.63) is 40.8 Å². The van der Waals surface area contributed by atoms with E-state index in [9.17, 15) is 4.79 Å². The summed E-state index contributed by atoms with van der Waals surface area (Å²) in [6, 6.07) is 5.18. The molecular formula is C12H17NO. The first-order chi connectivity index (χ1) is 6.84. The highest BCUT2D eigenvalue weighted by Gasteiger charge is 1.86. The number of rotatable bonds is 5. The van der Waals surface area contributed by atoms with E-state index < -0.39 is 0 Å². The number of unbranched alkanes of at least 4 members (excludes halogenated alkanes) is 3. The van der Waals surface area contributed by atoms with E-state index in [4.69, 9.17) is 0 Å². The van der Waals surface area contributed by atoms with Crippen LogP contribution in [0.5, 0.6) is 0 Å². The van der Waals surface area contributed by atoms with Gasteiger partial charge in [-0.1, -0.05) is 31.9 Å². The molecule has 0 aliphatic rings. The van der Waals surface area contributed by atoms with Crippen LogP contribution in [-0.2, 0) is 0 Å². The molecule has 0 aliphatic heterocycles. The first kappa shape index (κ1) is 10.8. The monoisotopic (exact) mass is 191 g/mol. The van der Waals surface area contributed by atoms with Crippen molar-refractivity contribution in [1.82, 2.24) is 4.57 Å². The van der Waals surface area contributed by atoms with E-state index in [1.165, 1.54) is 19.3 Å². The van der Waals surface area contributed by atoms with Crippen molar-refractivity contribution in [1.29, 1.82) is 0 Å². The quantitative estimate of drug-likeness (QED) is 0.656. The Bertz CT molecular complexity index is 338. The minimum atomic E-state index is 0.0271. The van der Waals surface area contributed by atoms with E-state index in [1.807, 2.05) is 12.3 Å². The third-order valence-electron chi connectivity index (χ3n) is 2.09. The van der Waals surface area contributed by atoms with Gasteiger partial charge in [-0.3, -0.25) is 9.36 Å². The highest BCUT2D eigenvalue weighted by Crippen LogP contribution is 1.99. The first-order valence-corrected chi connectivity index (χ1v) is 5.18. The summed E-state index contributed by atoms with van der Waals surface area (Å²) in [4.78, 5) is 11.3. The number of hydrogen-bond donors (Lipinski definition) is 0. The summed E-state index contributed by atoms with van der Waals surface area (Å²) in [7, 11) is 0. The third-order valence-corrected chi connectivity index (χ3v) is 2.09. The van der Waals surface area contributed by atoms with E-state index in [0.717, 1.165) is 6.42 Å². The molecule has 0 amide bonds. The largest absolute Gasteiger partial charge is 0.291 e. The van der Waals surface area contributed by atoms with Gasteiger partial charge in [0.1, 0.15) is 0 Å². The lowest BCUT2D eigenvalue weighted by Gasteiger charge is -1.96. The lowest BCUT2D eigenvalue weighted by molar-refractivity contribution is 0.729. The standard InChI is InChI=1S/C12H17NO/c1-2-3-4-5-7-10-13-11-8-6-9-12(13)14/h6-11H,2-5H2,1H3/b10-7+. The molecule has 76 valence electrons. The topological polar surface area (TPSA) is 22.0 Å². The van der Waals surface area contributed by atoms with E-state index in [1.54, 1.807) is 22.9 Å². The Kier molecular flexibility index (Phi) is 4.76. The molecular weight excluding hydrogens is 174 g/mol. The minimum absolute atomic E-state index is 0.0271. The van der Waals surface area contributed by atoms with Crippen LogP contribution >= 0.6 is 0 Å². The maximum absolute atomic E-state index is 11.3. The van der Waals surface area contributed by atoms with Gasteiger partial charge in [-0.05, 0) is 18.9 Å². The molecule has 0 radical (unpaired) electrons. The molecule has 1 rings (SSSR count). The van der Waals surface area contributed by atoms with Crippen molar-refractivity contribution in [3.8, 4) is 0 Å². The fourth-order valence-corrected chi connectivity index (χ4v) is 1.26. The van der Waals surface area contributed by atoms with Crippen LogP contribution in [0.25, 0.3) is 6.20 Å². The molecule has 1 heterocycles. The van der Waals surface area contributed by atoms with Crippen LogP contribution < -0.4 is 5.56 Å². The maximum Gasteiger partial charge on any atom is 0.254 e. The lowest BCUT2D eigenvalue weighted by Crippen LogP contribution is -2.11. The second-order valence-electron chi connectivity index (χ2n) is 3.33. The van der Waals surface area contributed by atoms with E-state index in [2.05, 4.69) is 13.0 Å². The molecule has 2 nitrogen and oxygen atoms in total. The highest BCUT2D eigenvalue weighted by molar-refractivity contribution is 5.22. The summed E-state index contributed by atoms with van der Waals surface area (Å²) in [5.74, 6) is 0. The number of aromatic nitrogens is 1. The fourth-order valence-electron chi connectivity index (χ4n) is 1.26. The van der Waals surface area contributed by atoms with Gasteiger partial charge < -0.3 is 0 Å². The van der Waals surface area contributed by atoms with Crippen molar-refractivity contribution >= 4 is 6.20 Å². The van der Waals surface area contributed by atoms with Gasteiger partial charge in [0.15, 0.2) is 0 Å². The molecule has 0 aromatic carbocycles. The summed E-state index contributed by atoms with van der Waals surface area (Å²) >= 11 is 0. The zero-order chi connectivity index (χ0) is 10.2. The van der Waals surface area contributed by atoms with E-state index in [0.29, 0.717) is 0 Å². The first-order valence-electron chi connectivity index (χ1n) is 5.18. The summed E-state index contributed by atoms with van der Waals surface area (Å²) in [6.07, 6.45) is 10.4. The third kappa shape index (κ3) is 3.60. The molecule has 1 aromatic heterocycles. The Morgan fingerprint density at radius 2 is 2.21 bits per heavy atom. The predicted molar refractivity (Wildman–Crippen MR) is 60.2 cm³/mol. The molecule has 0 unspecified atom stereocenters. The van der Waals surface area contributed by atoms with Gasteiger partial charge in [0.25, 0.3) is 5.56 Å². The summed E-state index contributed by atoms with van der Waals surface area (Å²) in [5.41, 5.74) is 0.0271. The van der Waals surface area contributed by atoms with Gasteiger partial charge in [0.05, 0.1) is 0 Å². The molecule has 0 atom stereocenters. The van der Waals surface area contributed by atoms with Gasteiger partial charge in [-0.25, -0.2) is 0 Å². The van der Waals surface area contributed by atoms with Crippen LogP contribution in [0.2, 0.25) is 0 Å². The number of nitrogens with zero attached hydrogens (tertiary/aromatic N) is 1. The van der Waals surface area contributed by atoms with Crippen LogP contribution in [0.3, 0.4) is 0 Å². The number of allylic oxidation sites excluding steroid dienone is 1. The fraction of sp³-hybridized carbons (Fsp3) is 0.417. The predicted octanol–water partition coefficient (Wildman–Crippen LogP) is 2.90. The lowest BCUT2D eigenvalue weighted by atomic mass is 10.2. The Morgan fingerprint density at radius 3 is 2.93 bits per heavy atom. The molecule has 0 aliphatic carbocycles. The number of pyridine rings is 1. The molecule has 0 fully saturated rings. The highest BCUT2D eigenvalue weighted by atomic mass is 16.1. The van der Waals surface area contributed by atoms with Gasteiger partial charge in [0.2, 0.25) is 0 Å². The molecule has 14 heavy (non-hydrogen) atoms. The minimum Gasteiger partial charge on any atom is -0.291 e. The van der Waals surface area contributed by atoms with Crippen LogP contribution in [-0.4, -0.2) is 4.57 Å². The molecule has 1 aromatic rings. The second-order valence-corrected chi connectivity index (χ2v) is 3.33. The van der Waals surface area contributed by atoms with Gasteiger partial charge >= 0.3 is 0 Å². The number of hydrogen-bond acceptors (Lipinski definition) is 1. The second kappa shape index (κ2) is 6.19. The van der Waals surface area contributed by atoms with Gasteiger partial charge in [-0.15, -0.1) is 0 Å². The molecule has 0 saturated heterocycles. The zero-order valence-corrected chi connectivity index (χ0v) is 8.65. The van der Waals surface area contributed by atoms with Crippen LogP contribution in [0.1, 0.15) is 32.6 Å². The van der Waals surface area contributed by atoms with Crippen molar-refractivity contribution in [2.75, 3.05) is 0 Å². The normalized spacial score (nSPS) is 10.9. The maximum atomic E-state index is 11.3. The average Bonchev–Trinajstić information content (AvgIpc) is 2.20. The van der Waals surface area contributed by atoms with Crippen LogP contribution in [0.15, 0.2) is 35.3 Å². The van der Waals surface area contributed by atoms with Gasteiger partial charge in [-0.2, -0.15) is 0 Å². The van der Waals surface area contributed by atoms with Crippen molar-refractivity contribution < 1.29 is 0 Å². The van der Waals surface area contributed by atoms with Gasteiger partial charge in [0, 0.05) is 18.5 Å². The van der Waals surface area contributed by atoms with Crippen molar-refractivity contribution in [2.24, 2.45) is 0 Å². The Hall–Kier alpha value is -1.31. The molecule has 0 bridgehead atoms. The van der Waals surface area contributed by atoms with Crippen LogP contribution in [0.4, 0.5) is 0 Å². The Labute approximate surface area is 84.9 Å². The molecule has 0 saturated carbocycles. The Morgan fingerprint density at radius 1 is 1.36 bits per heavy atom. The molecule has 2 heteroatoms. The Balaban J connectivity index is 2.44. The van der Waals surface area contributed by atoms with E-state index >= 15 is 0 Å². The van der Waals surface area contributed by atoms with Crippen LogP contribution in [0, 0.1) is 0 Å². The average molecular weight is 191 g/mol. The van der Waals surface area contributed by atoms with Crippen molar-refractivity contribution in [3.63, 3.8) is 0 Å². The smallest absolute Gasteiger partial charge is 0.254 e. The SMILES string of the molecule is CCCCC/C=C/n1ccccc1=O. The molecule has 0 N–H and O–H groups in total. The van der Waals surface area contributed by atoms with Crippen molar-refractivity contribution in [2.45, 2.75) is 32.6 Å². The summed E-state index contributed by atoms with van der Waals surface area (Å²) < 4.78 is 1.60. The summed E-state index contributed by atoms with van der Waals surface area (Å²) in [6.45, 7) is 2.19. The van der Waals surface area contributed by atoms with E-state index in [-0.39, 0.29) is 5.56 Å². The summed E-state index contributed by atoms with van der Waals surface area (Å²) in [5, 5.41) is 0.